The van der Waals surface area contributed by atoms with Crippen LogP contribution < -0.4 is 10.6 Å². The highest BCUT2D eigenvalue weighted by atomic mass is 16.6. The van der Waals surface area contributed by atoms with Gasteiger partial charge in [0.1, 0.15) is 5.60 Å². The second kappa shape index (κ2) is 5.61. The summed E-state index contributed by atoms with van der Waals surface area (Å²) in [5.41, 5.74) is 1.30. The number of anilines is 1. The Morgan fingerprint density at radius 2 is 1.58 bits per heavy atom. The Bertz CT molecular complexity index is 430. The lowest BCUT2D eigenvalue weighted by Gasteiger charge is -2.25. The van der Waals surface area contributed by atoms with Crippen LogP contribution in [0.3, 0.4) is 0 Å². The number of ether oxygens (including phenoxy) is 1. The van der Waals surface area contributed by atoms with Crippen molar-refractivity contribution in [2.45, 2.75) is 45.8 Å². The third-order valence-corrected chi connectivity index (χ3v) is 2.88. The Morgan fingerprint density at radius 3 is 2.00 bits per heavy atom. The van der Waals surface area contributed by atoms with E-state index in [1.807, 2.05) is 52.1 Å². The highest BCUT2D eigenvalue weighted by molar-refractivity contribution is 5.84. The van der Waals surface area contributed by atoms with Gasteiger partial charge in [-0.1, -0.05) is 12.1 Å². The molecule has 19 heavy (non-hydrogen) atoms. The summed E-state index contributed by atoms with van der Waals surface area (Å²) >= 11 is 0. The fraction of sp³-hybridized carbons (Fsp3) is 0.533. The first-order valence-corrected chi connectivity index (χ1v) is 6.43. The first-order chi connectivity index (χ1) is 8.64. The van der Waals surface area contributed by atoms with Crippen LogP contribution in [0.15, 0.2) is 24.3 Å². The van der Waals surface area contributed by atoms with Crippen LogP contribution in [-0.4, -0.2) is 18.7 Å². The van der Waals surface area contributed by atoms with Crippen LogP contribution in [0.25, 0.3) is 0 Å². The molecular formula is C15H24N2O2. The van der Waals surface area contributed by atoms with Gasteiger partial charge in [0.2, 0.25) is 0 Å². The highest BCUT2D eigenvalue weighted by Crippen LogP contribution is 2.21. The molecule has 0 unspecified atom stereocenters. The maximum atomic E-state index is 11.6. The minimum atomic E-state index is -0.488. The van der Waals surface area contributed by atoms with Crippen LogP contribution in [0.2, 0.25) is 0 Å². The SMILES string of the molecule is CNC(C)(C)c1ccc(NC(=O)OC(C)(C)C)cc1. The molecule has 106 valence electrons. The van der Waals surface area contributed by atoms with Crippen molar-refractivity contribution in [2.75, 3.05) is 12.4 Å². The zero-order valence-corrected chi connectivity index (χ0v) is 12.6. The van der Waals surface area contributed by atoms with Gasteiger partial charge in [0.05, 0.1) is 0 Å². The molecule has 0 heterocycles. The zero-order chi connectivity index (χ0) is 14.7. The summed E-state index contributed by atoms with van der Waals surface area (Å²) in [6, 6.07) is 7.73. The normalized spacial score (nSPS) is 12.1. The van der Waals surface area contributed by atoms with Gasteiger partial charge in [-0.05, 0) is 59.4 Å². The van der Waals surface area contributed by atoms with Crippen LogP contribution in [-0.2, 0) is 10.3 Å². The lowest BCUT2D eigenvalue weighted by molar-refractivity contribution is 0.0636. The molecule has 0 saturated heterocycles. The fourth-order valence-electron chi connectivity index (χ4n) is 1.54. The molecule has 0 aromatic heterocycles. The molecule has 4 nitrogen and oxygen atoms in total. The second-order valence-electron chi connectivity index (χ2n) is 6.08. The number of rotatable bonds is 3. The third kappa shape index (κ3) is 4.91. The Hall–Kier alpha value is -1.55. The van der Waals surface area contributed by atoms with Gasteiger partial charge >= 0.3 is 6.09 Å². The number of hydrogen-bond acceptors (Lipinski definition) is 3. The van der Waals surface area contributed by atoms with Gasteiger partial charge in [-0.3, -0.25) is 5.32 Å². The van der Waals surface area contributed by atoms with E-state index in [4.69, 9.17) is 4.74 Å². The number of carbonyl (C=O) groups excluding carboxylic acids is 1. The van der Waals surface area contributed by atoms with Gasteiger partial charge in [-0.15, -0.1) is 0 Å². The number of hydrogen-bond donors (Lipinski definition) is 2. The van der Waals surface area contributed by atoms with Gasteiger partial charge in [0.15, 0.2) is 0 Å². The highest BCUT2D eigenvalue weighted by Gasteiger charge is 2.18. The van der Waals surface area contributed by atoms with E-state index in [0.717, 1.165) is 11.3 Å². The summed E-state index contributed by atoms with van der Waals surface area (Å²) in [7, 11) is 1.92. The van der Waals surface area contributed by atoms with Crippen molar-refractivity contribution in [1.82, 2.24) is 5.32 Å². The lowest BCUT2D eigenvalue weighted by atomic mass is 9.94. The smallest absolute Gasteiger partial charge is 0.412 e. The largest absolute Gasteiger partial charge is 0.444 e. The Balaban J connectivity index is 2.70. The summed E-state index contributed by atoms with van der Waals surface area (Å²) in [4.78, 5) is 11.6. The van der Waals surface area contributed by atoms with Crippen LogP contribution in [0.5, 0.6) is 0 Å². The molecule has 0 atom stereocenters. The molecule has 1 aromatic carbocycles. The predicted octanol–water partition coefficient (Wildman–Crippen LogP) is 3.49. The van der Waals surface area contributed by atoms with E-state index >= 15 is 0 Å². The Kier molecular flexibility index (Phi) is 4.58. The zero-order valence-electron chi connectivity index (χ0n) is 12.6. The van der Waals surface area contributed by atoms with Crippen molar-refractivity contribution in [1.29, 1.82) is 0 Å². The van der Waals surface area contributed by atoms with Crippen molar-refractivity contribution in [3.8, 4) is 0 Å². The van der Waals surface area contributed by atoms with E-state index in [1.54, 1.807) is 0 Å². The van der Waals surface area contributed by atoms with E-state index < -0.39 is 11.7 Å². The summed E-state index contributed by atoms with van der Waals surface area (Å²) in [6.07, 6.45) is -0.437. The van der Waals surface area contributed by atoms with Crippen molar-refractivity contribution < 1.29 is 9.53 Å². The molecule has 0 radical (unpaired) electrons. The molecule has 0 spiro atoms. The summed E-state index contributed by atoms with van der Waals surface area (Å²) < 4.78 is 5.20. The number of benzene rings is 1. The van der Waals surface area contributed by atoms with Crippen molar-refractivity contribution in [3.63, 3.8) is 0 Å². The fourth-order valence-corrected chi connectivity index (χ4v) is 1.54. The summed E-state index contributed by atoms with van der Waals surface area (Å²) in [5.74, 6) is 0. The molecule has 2 N–H and O–H groups in total. The minimum Gasteiger partial charge on any atom is -0.444 e. The van der Waals surface area contributed by atoms with Crippen LogP contribution in [0, 0.1) is 0 Å². The first kappa shape index (κ1) is 15.5. The van der Waals surface area contributed by atoms with Crippen LogP contribution in [0.4, 0.5) is 10.5 Å². The quantitative estimate of drug-likeness (QED) is 0.878. The van der Waals surface area contributed by atoms with Crippen molar-refractivity contribution in [2.24, 2.45) is 0 Å². The average Bonchev–Trinajstić information content (AvgIpc) is 2.27. The van der Waals surface area contributed by atoms with Gasteiger partial charge in [0, 0.05) is 11.2 Å². The molecule has 1 aromatic rings. The van der Waals surface area contributed by atoms with E-state index in [1.165, 1.54) is 0 Å². The maximum Gasteiger partial charge on any atom is 0.412 e. The summed E-state index contributed by atoms with van der Waals surface area (Å²) in [5, 5.41) is 5.95. The Labute approximate surface area is 115 Å². The number of nitrogens with one attached hydrogen (secondary N) is 2. The maximum absolute atomic E-state index is 11.6. The summed E-state index contributed by atoms with van der Waals surface area (Å²) in [6.45, 7) is 9.72. The van der Waals surface area contributed by atoms with Gasteiger partial charge < -0.3 is 10.1 Å². The number of carbonyl (C=O) groups is 1. The van der Waals surface area contributed by atoms with E-state index in [9.17, 15) is 4.79 Å². The second-order valence-corrected chi connectivity index (χ2v) is 6.08. The average molecular weight is 264 g/mol. The molecular weight excluding hydrogens is 240 g/mol. The topological polar surface area (TPSA) is 50.4 Å². The lowest BCUT2D eigenvalue weighted by Crippen LogP contribution is -2.33. The molecule has 0 aliphatic rings. The Morgan fingerprint density at radius 1 is 1.05 bits per heavy atom. The molecule has 0 bridgehead atoms. The number of amides is 1. The van der Waals surface area contributed by atoms with E-state index in [-0.39, 0.29) is 5.54 Å². The first-order valence-electron chi connectivity index (χ1n) is 6.43. The van der Waals surface area contributed by atoms with Gasteiger partial charge in [-0.2, -0.15) is 0 Å². The molecule has 0 aliphatic carbocycles. The molecule has 4 heteroatoms. The van der Waals surface area contributed by atoms with E-state index in [2.05, 4.69) is 24.5 Å². The third-order valence-electron chi connectivity index (χ3n) is 2.88. The minimum absolute atomic E-state index is 0.0928. The standard InChI is InChI=1S/C15H24N2O2/c1-14(2,3)19-13(18)17-12-9-7-11(8-10-12)15(4,5)16-6/h7-10,16H,1-6H3,(H,17,18). The van der Waals surface area contributed by atoms with E-state index in [0.29, 0.717) is 0 Å². The predicted molar refractivity (Wildman–Crippen MR) is 78.4 cm³/mol. The molecule has 1 amide bonds. The van der Waals surface area contributed by atoms with Gasteiger partial charge in [-0.25, -0.2) is 4.79 Å². The molecule has 1 rings (SSSR count). The molecule has 0 fully saturated rings. The van der Waals surface area contributed by atoms with Crippen molar-refractivity contribution in [3.05, 3.63) is 29.8 Å². The van der Waals surface area contributed by atoms with Gasteiger partial charge in [0.25, 0.3) is 0 Å². The molecule has 0 saturated carbocycles. The van der Waals surface area contributed by atoms with Crippen LogP contribution in [0.1, 0.15) is 40.2 Å². The monoisotopic (exact) mass is 264 g/mol. The van der Waals surface area contributed by atoms with Crippen molar-refractivity contribution >= 4 is 11.8 Å². The molecule has 0 aliphatic heterocycles. The van der Waals surface area contributed by atoms with Crippen LogP contribution >= 0.6 is 0 Å².